The lowest BCUT2D eigenvalue weighted by Crippen LogP contribution is -2.05. The number of alkyl halides is 1. The van der Waals surface area contributed by atoms with Crippen molar-refractivity contribution in [2.75, 3.05) is 13.2 Å². The maximum absolute atomic E-state index is 5.87. The predicted octanol–water partition coefficient (Wildman–Crippen LogP) is 4.41. The highest BCUT2D eigenvalue weighted by atomic mass is 79.9. The van der Waals surface area contributed by atoms with Gasteiger partial charge in [-0.1, -0.05) is 41.9 Å². The number of hydrogen-bond acceptors (Lipinski definition) is 2. The third-order valence-electron chi connectivity index (χ3n) is 2.45. The van der Waals surface area contributed by atoms with E-state index in [0.29, 0.717) is 12.5 Å². The van der Waals surface area contributed by atoms with Crippen molar-refractivity contribution in [3.8, 4) is 11.5 Å². The van der Waals surface area contributed by atoms with Crippen LogP contribution in [0, 0.1) is 5.92 Å². The first-order valence-electron chi connectivity index (χ1n) is 6.12. The van der Waals surface area contributed by atoms with Crippen molar-refractivity contribution in [1.82, 2.24) is 0 Å². The van der Waals surface area contributed by atoms with Gasteiger partial charge in [0.15, 0.2) is 11.5 Å². The monoisotopic (exact) mass is 300 g/mol. The Balaban J connectivity index is 2.77. The second-order valence-corrected chi connectivity index (χ2v) is 4.90. The number of benzene rings is 1. The van der Waals surface area contributed by atoms with Crippen LogP contribution in [0.4, 0.5) is 0 Å². The van der Waals surface area contributed by atoms with Gasteiger partial charge in [-0.05, 0) is 25.3 Å². The third kappa shape index (κ3) is 4.58. The Kier molecular flexibility index (Phi) is 6.41. The molecule has 0 amide bonds. The summed E-state index contributed by atoms with van der Waals surface area (Å²) in [4.78, 5) is 0. The first kappa shape index (κ1) is 14.4. The van der Waals surface area contributed by atoms with E-state index in [0.717, 1.165) is 35.4 Å². The molecule has 1 aromatic carbocycles. The summed E-state index contributed by atoms with van der Waals surface area (Å²) in [6, 6.07) is 6.01. The van der Waals surface area contributed by atoms with Gasteiger partial charge in [0.2, 0.25) is 0 Å². The molecule has 0 saturated carbocycles. The predicted molar refractivity (Wildman–Crippen MR) is 75.2 cm³/mol. The molecule has 0 fully saturated rings. The van der Waals surface area contributed by atoms with Crippen LogP contribution < -0.4 is 9.47 Å². The molecule has 0 unspecified atom stereocenters. The van der Waals surface area contributed by atoms with E-state index < -0.39 is 0 Å². The summed E-state index contributed by atoms with van der Waals surface area (Å²) in [6.07, 6.45) is 1.06. The largest absolute Gasteiger partial charge is 0.490 e. The molecule has 2 nitrogen and oxygen atoms in total. The molecule has 17 heavy (non-hydrogen) atoms. The Morgan fingerprint density at radius 2 is 2.00 bits per heavy atom. The second-order valence-electron chi connectivity index (χ2n) is 4.34. The smallest absolute Gasteiger partial charge is 0.165 e. The molecule has 0 heterocycles. The van der Waals surface area contributed by atoms with Crippen molar-refractivity contribution in [1.29, 1.82) is 0 Å². The molecular formula is C14H21BrO2. The van der Waals surface area contributed by atoms with Crippen LogP contribution in [0.25, 0.3) is 0 Å². The van der Waals surface area contributed by atoms with Gasteiger partial charge in [0, 0.05) is 10.9 Å². The summed E-state index contributed by atoms with van der Waals surface area (Å²) in [5, 5.41) is 0.783. The summed E-state index contributed by atoms with van der Waals surface area (Å²) in [6.45, 7) is 7.78. The van der Waals surface area contributed by atoms with Crippen molar-refractivity contribution in [2.24, 2.45) is 5.92 Å². The molecule has 96 valence electrons. The molecule has 0 atom stereocenters. The van der Waals surface area contributed by atoms with E-state index in [1.807, 2.05) is 19.1 Å². The lowest BCUT2D eigenvalue weighted by atomic mass is 10.1. The molecular weight excluding hydrogens is 280 g/mol. The molecule has 3 heteroatoms. The normalized spacial score (nSPS) is 10.6. The first-order valence-corrected chi connectivity index (χ1v) is 7.24. The number of ether oxygens (including phenoxy) is 2. The molecule has 0 bridgehead atoms. The molecule has 0 radical (unpaired) electrons. The number of rotatable bonds is 7. The van der Waals surface area contributed by atoms with Gasteiger partial charge in [-0.3, -0.25) is 0 Å². The minimum Gasteiger partial charge on any atom is -0.490 e. The van der Waals surface area contributed by atoms with E-state index >= 15 is 0 Å². The second kappa shape index (κ2) is 7.59. The molecule has 1 rings (SSSR count). The van der Waals surface area contributed by atoms with Crippen LogP contribution in [0.2, 0.25) is 0 Å². The van der Waals surface area contributed by atoms with E-state index in [1.54, 1.807) is 0 Å². The molecule has 0 aliphatic heterocycles. The van der Waals surface area contributed by atoms with Crippen molar-refractivity contribution >= 4 is 15.9 Å². The minimum atomic E-state index is 0.654. The fourth-order valence-electron chi connectivity index (χ4n) is 1.50. The summed E-state index contributed by atoms with van der Waals surface area (Å²) >= 11 is 3.48. The summed E-state index contributed by atoms with van der Waals surface area (Å²) in [5.74, 6) is 2.38. The van der Waals surface area contributed by atoms with Crippen LogP contribution >= 0.6 is 15.9 Å². The minimum absolute atomic E-state index is 0.654. The van der Waals surface area contributed by atoms with Gasteiger partial charge in [0.05, 0.1) is 13.2 Å². The zero-order valence-corrected chi connectivity index (χ0v) is 12.4. The van der Waals surface area contributed by atoms with Crippen LogP contribution in [0.5, 0.6) is 11.5 Å². The quantitative estimate of drug-likeness (QED) is 0.695. The molecule has 1 aromatic rings. The molecule has 0 N–H and O–H groups in total. The Morgan fingerprint density at radius 3 is 2.59 bits per heavy atom. The maximum Gasteiger partial charge on any atom is 0.165 e. The van der Waals surface area contributed by atoms with Crippen LogP contribution in [0.1, 0.15) is 32.8 Å². The fraction of sp³-hybridized carbons (Fsp3) is 0.571. The SMILES string of the molecule is CCOc1cccc(CBr)c1OCCC(C)C. The van der Waals surface area contributed by atoms with Gasteiger partial charge < -0.3 is 9.47 Å². The van der Waals surface area contributed by atoms with Crippen molar-refractivity contribution in [3.63, 3.8) is 0 Å². The van der Waals surface area contributed by atoms with Crippen LogP contribution in [0.15, 0.2) is 18.2 Å². The molecule has 0 spiro atoms. The zero-order chi connectivity index (χ0) is 12.7. The fourth-order valence-corrected chi connectivity index (χ4v) is 1.94. The summed E-state index contributed by atoms with van der Waals surface area (Å²) in [5.41, 5.74) is 1.14. The van der Waals surface area contributed by atoms with Crippen molar-refractivity contribution < 1.29 is 9.47 Å². The van der Waals surface area contributed by atoms with Gasteiger partial charge >= 0.3 is 0 Å². The van der Waals surface area contributed by atoms with Crippen molar-refractivity contribution in [2.45, 2.75) is 32.5 Å². The van der Waals surface area contributed by atoms with Gasteiger partial charge in [-0.15, -0.1) is 0 Å². The molecule has 0 saturated heterocycles. The standard InChI is InChI=1S/C14H21BrO2/c1-4-16-13-7-5-6-12(10-15)14(13)17-9-8-11(2)3/h5-7,11H,4,8-10H2,1-3H3. The summed E-state index contributed by atoms with van der Waals surface area (Å²) < 4.78 is 11.5. The Labute approximate surface area is 112 Å². The Hall–Kier alpha value is -0.700. The number of halogens is 1. The Bertz CT molecular complexity index is 337. The topological polar surface area (TPSA) is 18.5 Å². The van der Waals surface area contributed by atoms with E-state index in [9.17, 15) is 0 Å². The lowest BCUT2D eigenvalue weighted by Gasteiger charge is -2.15. The zero-order valence-electron chi connectivity index (χ0n) is 10.8. The molecule has 0 aromatic heterocycles. The highest BCUT2D eigenvalue weighted by Crippen LogP contribution is 2.33. The number of para-hydroxylation sites is 1. The highest BCUT2D eigenvalue weighted by Gasteiger charge is 2.10. The van der Waals surface area contributed by atoms with E-state index in [-0.39, 0.29) is 0 Å². The first-order chi connectivity index (χ1) is 8.19. The van der Waals surface area contributed by atoms with Crippen LogP contribution in [0.3, 0.4) is 0 Å². The maximum atomic E-state index is 5.87. The third-order valence-corrected chi connectivity index (χ3v) is 3.05. The van der Waals surface area contributed by atoms with Gasteiger partial charge in [0.1, 0.15) is 0 Å². The van der Waals surface area contributed by atoms with Gasteiger partial charge in [0.25, 0.3) is 0 Å². The van der Waals surface area contributed by atoms with E-state index in [4.69, 9.17) is 9.47 Å². The van der Waals surface area contributed by atoms with E-state index in [1.165, 1.54) is 0 Å². The lowest BCUT2D eigenvalue weighted by molar-refractivity contribution is 0.260. The molecule has 0 aliphatic carbocycles. The average molecular weight is 301 g/mol. The number of hydrogen-bond donors (Lipinski definition) is 0. The van der Waals surface area contributed by atoms with Crippen molar-refractivity contribution in [3.05, 3.63) is 23.8 Å². The van der Waals surface area contributed by atoms with Gasteiger partial charge in [-0.2, -0.15) is 0 Å². The van der Waals surface area contributed by atoms with Crippen LogP contribution in [-0.4, -0.2) is 13.2 Å². The highest BCUT2D eigenvalue weighted by molar-refractivity contribution is 9.08. The van der Waals surface area contributed by atoms with Gasteiger partial charge in [-0.25, -0.2) is 0 Å². The average Bonchev–Trinajstić information content (AvgIpc) is 2.30. The molecule has 0 aliphatic rings. The Morgan fingerprint density at radius 1 is 1.24 bits per heavy atom. The summed E-state index contributed by atoms with van der Waals surface area (Å²) in [7, 11) is 0. The van der Waals surface area contributed by atoms with Crippen LogP contribution in [-0.2, 0) is 5.33 Å². The van der Waals surface area contributed by atoms with E-state index in [2.05, 4.69) is 35.8 Å².